The van der Waals surface area contributed by atoms with Crippen LogP contribution in [0, 0.1) is 15.5 Å². The summed E-state index contributed by atoms with van der Waals surface area (Å²) < 4.78 is 56.6. The van der Waals surface area contributed by atoms with E-state index in [-0.39, 0.29) is 42.7 Å². The second-order valence-corrected chi connectivity index (χ2v) is 19.7. The van der Waals surface area contributed by atoms with Crippen molar-refractivity contribution in [1.82, 2.24) is 24.5 Å². The van der Waals surface area contributed by atoms with Gasteiger partial charge in [0.15, 0.2) is 5.75 Å². The number of anilines is 1. The van der Waals surface area contributed by atoms with Crippen LogP contribution < -0.4 is 19.1 Å². The van der Waals surface area contributed by atoms with Crippen LogP contribution in [0.5, 0.6) is 17.2 Å². The maximum atomic E-state index is 15.5. The van der Waals surface area contributed by atoms with Crippen LogP contribution in [0.2, 0.25) is 5.02 Å². The molecule has 1 aliphatic carbocycles. The number of hydrogen-bond donors (Lipinski definition) is 3. The molecule has 65 heavy (non-hydrogen) atoms. The first-order valence-corrected chi connectivity index (χ1v) is 23.1. The maximum absolute atomic E-state index is 15.5. The van der Waals surface area contributed by atoms with Gasteiger partial charge in [-0.3, -0.25) is 19.8 Å². The molecule has 2 aromatic heterocycles. The Kier molecular flexibility index (Phi) is 12.8. The highest BCUT2D eigenvalue weighted by atomic mass is 35.5. The van der Waals surface area contributed by atoms with E-state index in [9.17, 15) is 33.2 Å². The fourth-order valence-corrected chi connectivity index (χ4v) is 9.71. The highest BCUT2D eigenvalue weighted by Crippen LogP contribution is 2.44. The molecule has 0 bridgehead atoms. The second kappa shape index (κ2) is 18.3. The van der Waals surface area contributed by atoms with Crippen molar-refractivity contribution in [2.75, 3.05) is 57.3 Å². The molecular formula is C46H49ClFN7O9S. The smallest absolute Gasteiger partial charge is 0.407 e. The van der Waals surface area contributed by atoms with E-state index in [0.29, 0.717) is 29.5 Å². The molecule has 3 aromatic carbocycles. The molecule has 0 radical (unpaired) electrons. The summed E-state index contributed by atoms with van der Waals surface area (Å²) in [6.07, 6.45) is 4.78. The van der Waals surface area contributed by atoms with Gasteiger partial charge in [-0.1, -0.05) is 43.2 Å². The predicted molar refractivity (Wildman–Crippen MR) is 243 cm³/mol. The lowest BCUT2D eigenvalue weighted by Gasteiger charge is -2.39. The highest BCUT2D eigenvalue weighted by Gasteiger charge is 2.38. The van der Waals surface area contributed by atoms with E-state index in [0.717, 1.165) is 73.1 Å². The van der Waals surface area contributed by atoms with E-state index in [1.165, 1.54) is 29.0 Å². The Morgan fingerprint density at radius 2 is 1.71 bits per heavy atom. The number of likely N-dealkylation sites (tertiary alicyclic amines) is 1. The average molecular weight is 930 g/mol. The largest absolute Gasteiger partial charge is 0.483 e. The normalized spacial score (nSPS) is 17.8. The molecule has 8 rings (SSSR count). The average Bonchev–Trinajstić information content (AvgIpc) is 3.75. The van der Waals surface area contributed by atoms with Crippen LogP contribution in [-0.4, -0.2) is 108 Å². The van der Waals surface area contributed by atoms with Crippen LogP contribution in [0.25, 0.3) is 16.6 Å². The number of aromatic nitrogens is 2. The molecule has 4 heterocycles. The third-order valence-corrected chi connectivity index (χ3v) is 14.0. The molecular weight excluding hydrogens is 881 g/mol. The summed E-state index contributed by atoms with van der Waals surface area (Å²) in [6.45, 7) is 7.62. The topological polar surface area (TPSA) is 201 Å². The van der Waals surface area contributed by atoms with Gasteiger partial charge in [0.25, 0.3) is 15.9 Å². The molecule has 5 aromatic rings. The van der Waals surface area contributed by atoms with Crippen molar-refractivity contribution in [1.29, 1.82) is 0 Å². The standard InChI is InChI=1S/C46H49ClFN7O9S/c1-45(2)13-11-32(38(26-45)30-3-5-33(47)6-4-30)28-52-19-21-53(22-20-52)34-7-9-37(41(24-34)64-35-23-31-12-16-49-42(31)50-27-35)43(56)51-65(61,62)36-8-10-40(39(25-36)55(59)60)63-29-46(48)14-17-54(18-15-46)44(57)58/h3-10,12,16,23-25,27H,11,13-15,17-22,26,28-29H2,1-2H3,(H,49,50)(H,51,56)(H,57,58). The minimum absolute atomic E-state index is 0.0564. The molecule has 2 aliphatic heterocycles. The number of benzene rings is 3. The van der Waals surface area contributed by atoms with Crippen LogP contribution in [-0.2, 0) is 10.0 Å². The molecule has 2 amide bonds. The Morgan fingerprint density at radius 1 is 0.969 bits per heavy atom. The number of rotatable bonds is 13. The number of piperidine rings is 1. The van der Waals surface area contributed by atoms with Crippen LogP contribution in [0.15, 0.2) is 95.7 Å². The number of aromatic amines is 1. The van der Waals surface area contributed by atoms with Gasteiger partial charge in [-0.25, -0.2) is 27.3 Å². The number of ether oxygens (including phenoxy) is 2. The van der Waals surface area contributed by atoms with Crippen molar-refractivity contribution in [2.24, 2.45) is 5.41 Å². The highest BCUT2D eigenvalue weighted by molar-refractivity contribution is 7.90. The Hall–Kier alpha value is -6.24. The Bertz CT molecular complexity index is 2770. The molecule has 2 fully saturated rings. The van der Waals surface area contributed by atoms with E-state index in [1.54, 1.807) is 24.4 Å². The fraction of sp³-hybridized carbons (Fsp3) is 0.370. The number of piperazine rings is 1. The molecule has 0 atom stereocenters. The summed E-state index contributed by atoms with van der Waals surface area (Å²) >= 11 is 6.23. The molecule has 342 valence electrons. The van der Waals surface area contributed by atoms with Gasteiger partial charge in [-0.15, -0.1) is 0 Å². The maximum Gasteiger partial charge on any atom is 0.407 e. The van der Waals surface area contributed by atoms with Gasteiger partial charge in [0.05, 0.1) is 21.6 Å². The molecule has 0 spiro atoms. The molecule has 0 saturated carbocycles. The Labute approximate surface area is 380 Å². The summed E-state index contributed by atoms with van der Waals surface area (Å²) in [5, 5.41) is 22.7. The van der Waals surface area contributed by atoms with E-state index in [1.807, 2.05) is 22.9 Å². The number of nitrogens with one attached hydrogen (secondary N) is 2. The van der Waals surface area contributed by atoms with Crippen LogP contribution in [0.4, 0.5) is 20.6 Å². The molecule has 3 N–H and O–H groups in total. The van der Waals surface area contributed by atoms with Gasteiger partial charge >= 0.3 is 11.8 Å². The lowest BCUT2D eigenvalue weighted by Crippen LogP contribution is -2.47. The predicted octanol–water partition coefficient (Wildman–Crippen LogP) is 8.68. The van der Waals surface area contributed by atoms with Crippen molar-refractivity contribution in [3.05, 3.63) is 117 Å². The fourth-order valence-electron chi connectivity index (χ4n) is 8.60. The minimum Gasteiger partial charge on any atom is -0.483 e. The van der Waals surface area contributed by atoms with E-state index < -0.39 is 55.6 Å². The number of alkyl halides is 1. The number of sulfonamides is 1. The molecule has 3 aliphatic rings. The number of nitrogens with zero attached hydrogens (tertiary/aromatic N) is 5. The molecule has 19 heteroatoms. The molecule has 2 saturated heterocycles. The quantitative estimate of drug-likeness (QED) is 0.0751. The Morgan fingerprint density at radius 3 is 2.42 bits per heavy atom. The number of carboxylic acid groups (broad SMARTS) is 1. The zero-order valence-corrected chi connectivity index (χ0v) is 37.5. The van der Waals surface area contributed by atoms with E-state index in [4.69, 9.17) is 21.1 Å². The minimum atomic E-state index is -4.72. The first-order valence-electron chi connectivity index (χ1n) is 21.3. The van der Waals surface area contributed by atoms with Crippen molar-refractivity contribution in [2.45, 2.75) is 56.5 Å². The van der Waals surface area contributed by atoms with E-state index >= 15 is 4.39 Å². The number of amides is 2. The van der Waals surface area contributed by atoms with Crippen LogP contribution >= 0.6 is 11.6 Å². The van der Waals surface area contributed by atoms with Crippen molar-refractivity contribution in [3.63, 3.8) is 0 Å². The van der Waals surface area contributed by atoms with Crippen LogP contribution in [0.3, 0.4) is 0 Å². The number of fused-ring (bicyclic) bond motifs is 1. The number of nitro benzene ring substituents is 1. The number of hydrogen-bond acceptors (Lipinski definition) is 11. The Balaban J connectivity index is 0.991. The lowest BCUT2D eigenvalue weighted by atomic mass is 9.72. The van der Waals surface area contributed by atoms with Gasteiger partial charge in [-0.2, -0.15) is 0 Å². The number of halogens is 2. The van der Waals surface area contributed by atoms with Gasteiger partial charge in [0, 0.05) is 93.1 Å². The summed E-state index contributed by atoms with van der Waals surface area (Å²) in [6, 6.07) is 19.3. The van der Waals surface area contributed by atoms with Crippen molar-refractivity contribution < 1.29 is 41.9 Å². The SMILES string of the molecule is CC1(C)CCC(CN2CCN(c3ccc(C(=O)NS(=O)(=O)c4ccc(OCC5(F)CCN(C(=O)O)CC5)c([N+](=O)[O-])c4)c(Oc4cnc5[nH]ccc5c4)c3)CC2)=C(c2ccc(Cl)cc2)C1. The van der Waals surface area contributed by atoms with Gasteiger partial charge in [0.2, 0.25) is 0 Å². The number of pyridine rings is 1. The third kappa shape index (κ3) is 10.5. The van der Waals surface area contributed by atoms with E-state index in [2.05, 4.69) is 45.7 Å². The first-order chi connectivity index (χ1) is 30.9. The number of nitro groups is 1. The first kappa shape index (κ1) is 45.3. The zero-order chi connectivity index (χ0) is 46.1. The van der Waals surface area contributed by atoms with Gasteiger partial charge < -0.3 is 29.4 Å². The summed E-state index contributed by atoms with van der Waals surface area (Å²) in [4.78, 5) is 48.9. The third-order valence-electron chi connectivity index (χ3n) is 12.4. The summed E-state index contributed by atoms with van der Waals surface area (Å²) in [5.41, 5.74) is 2.75. The molecule has 16 nitrogen and oxygen atoms in total. The summed E-state index contributed by atoms with van der Waals surface area (Å²) in [7, 11) is -4.72. The monoisotopic (exact) mass is 929 g/mol. The molecule has 0 unspecified atom stereocenters. The second-order valence-electron chi connectivity index (χ2n) is 17.6. The van der Waals surface area contributed by atoms with Gasteiger partial charge in [-0.05, 0) is 84.3 Å². The zero-order valence-electron chi connectivity index (χ0n) is 35.9. The van der Waals surface area contributed by atoms with Crippen molar-refractivity contribution in [3.8, 4) is 17.2 Å². The van der Waals surface area contributed by atoms with Crippen LogP contribution in [0.1, 0.15) is 61.9 Å². The number of carbonyl (C=O) groups is 2. The number of carbonyl (C=O) groups excluding carboxylic acids is 1. The number of H-pyrrole nitrogens is 1. The lowest BCUT2D eigenvalue weighted by molar-refractivity contribution is -0.386. The van der Waals surface area contributed by atoms with Gasteiger partial charge in [0.1, 0.15) is 29.4 Å². The van der Waals surface area contributed by atoms with Crippen molar-refractivity contribution >= 4 is 61.6 Å². The summed E-state index contributed by atoms with van der Waals surface area (Å²) in [5.74, 6) is -1.09. The number of allylic oxidation sites excluding steroid dienone is 1.